The van der Waals surface area contributed by atoms with Crippen LogP contribution in [0.5, 0.6) is 5.75 Å². The average Bonchev–Trinajstić information content (AvgIpc) is 3.23. The number of nitrogens with zero attached hydrogens (tertiary/aromatic N) is 4. The van der Waals surface area contributed by atoms with E-state index in [4.69, 9.17) is 4.74 Å². The van der Waals surface area contributed by atoms with Crippen molar-refractivity contribution in [1.29, 1.82) is 0 Å². The second-order valence-electron chi connectivity index (χ2n) is 6.33. The van der Waals surface area contributed by atoms with Crippen LogP contribution in [-0.2, 0) is 0 Å². The lowest BCUT2D eigenvalue weighted by Crippen LogP contribution is -2.19. The maximum absolute atomic E-state index is 12.5. The highest BCUT2D eigenvalue weighted by atomic mass is 19.4. The normalized spacial score (nSPS) is 11.4. The van der Waals surface area contributed by atoms with Gasteiger partial charge in [-0.2, -0.15) is 23.4 Å². The molecule has 0 atom stereocenters. The summed E-state index contributed by atoms with van der Waals surface area (Å²) in [6, 6.07) is 18.3. The number of hydrogen-bond acceptors (Lipinski definition) is 4. The van der Waals surface area contributed by atoms with E-state index in [-0.39, 0.29) is 16.9 Å². The van der Waals surface area contributed by atoms with Gasteiger partial charge >= 0.3 is 6.18 Å². The Hall–Kier alpha value is -3.88. The molecule has 0 fully saturated rings. The van der Waals surface area contributed by atoms with Gasteiger partial charge in [-0.1, -0.05) is 18.2 Å². The van der Waals surface area contributed by atoms with Crippen molar-refractivity contribution in [3.05, 3.63) is 89.3 Å². The van der Waals surface area contributed by atoms with Gasteiger partial charge in [-0.15, -0.1) is 0 Å². The van der Waals surface area contributed by atoms with Gasteiger partial charge in [0.15, 0.2) is 12.3 Å². The van der Waals surface area contributed by atoms with Crippen LogP contribution in [0.4, 0.5) is 13.2 Å². The standard InChI is InChI=1S/C21H15F3N4O2/c22-21(23,24)14-30-17-8-6-15(7-9-17)27-13-11-19(29)20(26-27)18-10-12-25-28(18)16-4-2-1-3-5-16/h1-13H,14H2. The Morgan fingerprint density at radius 3 is 2.33 bits per heavy atom. The Kier molecular flexibility index (Phi) is 5.09. The van der Waals surface area contributed by atoms with Crippen molar-refractivity contribution in [2.75, 3.05) is 6.61 Å². The van der Waals surface area contributed by atoms with Gasteiger partial charge in [-0.3, -0.25) is 4.79 Å². The molecular formula is C21H15F3N4O2. The molecule has 0 aliphatic heterocycles. The summed E-state index contributed by atoms with van der Waals surface area (Å²) in [5, 5.41) is 8.69. The van der Waals surface area contributed by atoms with E-state index < -0.39 is 12.8 Å². The summed E-state index contributed by atoms with van der Waals surface area (Å²) in [5.41, 5.74) is 1.76. The molecule has 0 radical (unpaired) electrons. The van der Waals surface area contributed by atoms with Crippen molar-refractivity contribution in [3.63, 3.8) is 0 Å². The van der Waals surface area contributed by atoms with Gasteiger partial charge < -0.3 is 4.74 Å². The largest absolute Gasteiger partial charge is 0.484 e. The lowest BCUT2D eigenvalue weighted by atomic mass is 10.2. The maximum Gasteiger partial charge on any atom is 0.422 e. The summed E-state index contributed by atoms with van der Waals surface area (Å²) in [6.45, 7) is -1.36. The minimum atomic E-state index is -4.41. The zero-order valence-corrected chi connectivity index (χ0v) is 15.5. The quantitative estimate of drug-likeness (QED) is 0.497. The van der Waals surface area contributed by atoms with Gasteiger partial charge in [0, 0.05) is 12.3 Å². The highest BCUT2D eigenvalue weighted by Crippen LogP contribution is 2.21. The van der Waals surface area contributed by atoms with Crippen LogP contribution < -0.4 is 10.2 Å². The van der Waals surface area contributed by atoms with Crippen LogP contribution in [0.25, 0.3) is 22.8 Å². The highest BCUT2D eigenvalue weighted by Gasteiger charge is 2.28. The zero-order valence-electron chi connectivity index (χ0n) is 15.5. The lowest BCUT2D eigenvalue weighted by molar-refractivity contribution is -0.153. The first-order valence-corrected chi connectivity index (χ1v) is 8.90. The summed E-state index contributed by atoms with van der Waals surface area (Å²) < 4.78 is 44.6. The summed E-state index contributed by atoms with van der Waals surface area (Å²) in [7, 11) is 0. The molecule has 0 amide bonds. The number of rotatable bonds is 5. The molecule has 152 valence electrons. The Bertz CT molecular complexity index is 1200. The zero-order chi connectivity index (χ0) is 21.1. The second kappa shape index (κ2) is 7.86. The van der Waals surface area contributed by atoms with Crippen LogP contribution in [0.1, 0.15) is 0 Å². The molecule has 0 saturated carbocycles. The highest BCUT2D eigenvalue weighted by molar-refractivity contribution is 5.57. The summed E-state index contributed by atoms with van der Waals surface area (Å²) in [4.78, 5) is 12.5. The van der Waals surface area contributed by atoms with Crippen LogP contribution in [-0.4, -0.2) is 32.3 Å². The smallest absolute Gasteiger partial charge is 0.422 e. The molecule has 2 heterocycles. The summed E-state index contributed by atoms with van der Waals surface area (Å²) in [6.07, 6.45) is -1.34. The van der Waals surface area contributed by atoms with Crippen LogP contribution in [0.2, 0.25) is 0 Å². The molecule has 0 N–H and O–H groups in total. The van der Waals surface area contributed by atoms with E-state index >= 15 is 0 Å². The molecule has 0 aliphatic rings. The molecule has 6 nitrogen and oxygen atoms in total. The van der Waals surface area contributed by atoms with Crippen LogP contribution >= 0.6 is 0 Å². The fourth-order valence-electron chi connectivity index (χ4n) is 2.85. The summed E-state index contributed by atoms with van der Waals surface area (Å²) in [5.74, 6) is 0.0829. The Morgan fingerprint density at radius 1 is 0.900 bits per heavy atom. The lowest BCUT2D eigenvalue weighted by Gasteiger charge is -2.11. The third-order valence-electron chi connectivity index (χ3n) is 4.20. The molecule has 4 rings (SSSR count). The van der Waals surface area contributed by atoms with Crippen LogP contribution in [0, 0.1) is 0 Å². The van der Waals surface area contributed by atoms with E-state index in [2.05, 4.69) is 10.2 Å². The number of aromatic nitrogens is 4. The topological polar surface area (TPSA) is 61.9 Å². The minimum Gasteiger partial charge on any atom is -0.484 e. The number of hydrogen-bond donors (Lipinski definition) is 0. The predicted octanol–water partition coefficient (Wildman–Crippen LogP) is 4.03. The van der Waals surface area contributed by atoms with E-state index in [1.54, 1.807) is 29.1 Å². The first-order chi connectivity index (χ1) is 14.4. The SMILES string of the molecule is O=c1ccn(-c2ccc(OCC(F)(F)F)cc2)nc1-c1ccnn1-c1ccccc1. The van der Waals surface area contributed by atoms with Crippen molar-refractivity contribution < 1.29 is 17.9 Å². The third-order valence-corrected chi connectivity index (χ3v) is 4.20. The molecule has 30 heavy (non-hydrogen) atoms. The number of ether oxygens (including phenoxy) is 1. The first kappa shape index (κ1) is 19.4. The monoisotopic (exact) mass is 412 g/mol. The first-order valence-electron chi connectivity index (χ1n) is 8.90. The Balaban J connectivity index is 1.66. The molecule has 0 saturated heterocycles. The van der Waals surface area contributed by atoms with Crippen molar-refractivity contribution in [3.8, 4) is 28.5 Å². The fourth-order valence-corrected chi connectivity index (χ4v) is 2.85. The van der Waals surface area contributed by atoms with Crippen molar-refractivity contribution in [1.82, 2.24) is 19.6 Å². The van der Waals surface area contributed by atoms with Gasteiger partial charge in [0.1, 0.15) is 5.75 Å². The van der Waals surface area contributed by atoms with E-state index in [1.807, 2.05) is 30.3 Å². The summed E-state index contributed by atoms with van der Waals surface area (Å²) >= 11 is 0. The number of alkyl halides is 3. The van der Waals surface area contributed by atoms with Gasteiger partial charge in [-0.05, 0) is 42.5 Å². The molecule has 0 bridgehead atoms. The van der Waals surface area contributed by atoms with Crippen molar-refractivity contribution in [2.45, 2.75) is 6.18 Å². The maximum atomic E-state index is 12.5. The van der Waals surface area contributed by atoms with E-state index in [1.165, 1.54) is 29.1 Å². The number of benzene rings is 2. The van der Waals surface area contributed by atoms with E-state index in [0.717, 1.165) is 5.69 Å². The second-order valence-corrected chi connectivity index (χ2v) is 6.33. The van der Waals surface area contributed by atoms with Gasteiger partial charge in [-0.25, -0.2) is 9.36 Å². The Morgan fingerprint density at radius 2 is 1.63 bits per heavy atom. The molecule has 0 aliphatic carbocycles. The molecule has 2 aromatic carbocycles. The fraction of sp³-hybridized carbons (Fsp3) is 0.0952. The Labute approximate surface area is 168 Å². The average molecular weight is 412 g/mol. The number of halogens is 3. The van der Waals surface area contributed by atoms with E-state index in [0.29, 0.717) is 11.4 Å². The molecule has 4 aromatic rings. The van der Waals surface area contributed by atoms with Gasteiger partial charge in [0.25, 0.3) is 0 Å². The molecule has 2 aromatic heterocycles. The van der Waals surface area contributed by atoms with Gasteiger partial charge in [0.05, 0.1) is 23.3 Å². The number of para-hydroxylation sites is 1. The van der Waals surface area contributed by atoms with Crippen molar-refractivity contribution >= 4 is 0 Å². The van der Waals surface area contributed by atoms with Crippen molar-refractivity contribution in [2.24, 2.45) is 0 Å². The molecule has 0 spiro atoms. The molecular weight excluding hydrogens is 397 g/mol. The predicted molar refractivity (Wildman–Crippen MR) is 104 cm³/mol. The van der Waals surface area contributed by atoms with Gasteiger partial charge in [0.2, 0.25) is 5.43 Å². The minimum absolute atomic E-state index is 0.0829. The molecule has 0 unspecified atom stereocenters. The van der Waals surface area contributed by atoms with E-state index in [9.17, 15) is 18.0 Å². The van der Waals surface area contributed by atoms with Crippen LogP contribution in [0.15, 0.2) is 83.9 Å². The van der Waals surface area contributed by atoms with Crippen LogP contribution in [0.3, 0.4) is 0 Å². The molecule has 9 heteroatoms. The third kappa shape index (κ3) is 4.24.